The van der Waals surface area contributed by atoms with Crippen LogP contribution < -0.4 is 57.3 Å². The van der Waals surface area contributed by atoms with Crippen molar-refractivity contribution >= 4 is 40.5 Å². The lowest BCUT2D eigenvalue weighted by Gasteiger charge is -2.23. The fourth-order valence-corrected chi connectivity index (χ4v) is 15.1. The number of methoxy groups -OCH3 is 2. The van der Waals surface area contributed by atoms with Crippen LogP contribution in [0, 0.1) is 40.7 Å². The van der Waals surface area contributed by atoms with Gasteiger partial charge in [0.05, 0.1) is 20.8 Å². The van der Waals surface area contributed by atoms with Gasteiger partial charge in [-0.3, -0.25) is 14.4 Å². The lowest BCUT2D eigenvalue weighted by atomic mass is 9.88. The maximum Gasteiger partial charge on any atom is 0.223 e. The molecule has 0 spiro atoms. The van der Waals surface area contributed by atoms with E-state index < -0.39 is 23.5 Å². The summed E-state index contributed by atoms with van der Waals surface area (Å²) in [6, 6.07) is 104. The zero-order chi connectivity index (χ0) is 99.4. The molecule has 0 aliphatic carbocycles. The minimum Gasteiger partial charge on any atom is -0.497 e. The number of nitrogens with one attached hydrogen (secondary N) is 2. The Hall–Kier alpha value is -14.4. The minimum atomic E-state index is -0.515. The molecule has 15 nitrogen and oxygen atoms in total. The zero-order valence-corrected chi connectivity index (χ0v) is 79.4. The molecule has 2 unspecified atom stereocenters. The summed E-state index contributed by atoms with van der Waals surface area (Å²) in [6.07, 6.45) is 5.98. The Bertz CT molecular complexity index is 5950. The van der Waals surface area contributed by atoms with E-state index >= 15 is 0 Å². The topological polar surface area (TPSA) is 229 Å². The molecular weight excluding hydrogens is 1780 g/mol. The molecule has 10 N–H and O–H groups in total. The first-order chi connectivity index (χ1) is 66.9. The van der Waals surface area contributed by atoms with E-state index in [-0.39, 0.29) is 84.2 Å². The van der Waals surface area contributed by atoms with Gasteiger partial charge in [-0.25, -0.2) is 30.7 Å². The number of halogens is 8. The summed E-state index contributed by atoms with van der Waals surface area (Å²) in [7, 11) is 6.81. The van der Waals surface area contributed by atoms with E-state index in [4.69, 9.17) is 58.2 Å². The molecule has 23 heteroatoms. The Balaban J connectivity index is 0.000000198. The van der Waals surface area contributed by atoms with Crippen LogP contribution in [0.1, 0.15) is 150 Å². The maximum atomic E-state index is 13.6. The van der Waals surface area contributed by atoms with Crippen LogP contribution in [0.5, 0.6) is 28.7 Å². The van der Waals surface area contributed by atoms with Crippen LogP contribution in [0.25, 0.3) is 11.1 Å². The molecule has 14 rings (SSSR count). The van der Waals surface area contributed by atoms with Crippen molar-refractivity contribution in [3.63, 3.8) is 0 Å². The summed E-state index contributed by atoms with van der Waals surface area (Å²) in [5, 5.41) is 6.42. The van der Waals surface area contributed by atoms with E-state index in [9.17, 15) is 45.1 Å². The second-order valence-corrected chi connectivity index (χ2v) is 31.6. The molecule has 0 aromatic heterocycles. The lowest BCUT2D eigenvalue weighted by Crippen LogP contribution is -2.31. The predicted molar refractivity (Wildman–Crippen MR) is 541 cm³/mol. The second kappa shape index (κ2) is 60.2. The smallest absolute Gasteiger partial charge is 0.223 e. The molecule has 138 heavy (non-hydrogen) atoms. The van der Waals surface area contributed by atoms with Crippen LogP contribution in [-0.4, -0.2) is 96.8 Å². The fraction of sp³-hybridized carbons (Fsp3) is 0.209. The zero-order valence-electron chi connectivity index (χ0n) is 78.6. The highest BCUT2D eigenvalue weighted by Gasteiger charge is 2.25. The Morgan fingerprint density at radius 2 is 0.717 bits per heavy atom. The summed E-state index contributed by atoms with van der Waals surface area (Å²) >= 11 is 6.05. The summed E-state index contributed by atoms with van der Waals surface area (Å²) in [5.74, 6) is -0.382. The molecule has 720 valence electrons. The van der Waals surface area contributed by atoms with Crippen molar-refractivity contribution in [1.29, 1.82) is 0 Å². The van der Waals surface area contributed by atoms with Crippen LogP contribution in [-0.2, 0) is 14.4 Å². The first-order valence-corrected chi connectivity index (χ1v) is 45.8. The van der Waals surface area contributed by atoms with E-state index in [0.717, 1.165) is 81.5 Å². The van der Waals surface area contributed by atoms with Gasteiger partial charge in [0.2, 0.25) is 17.7 Å². The highest BCUT2D eigenvalue weighted by molar-refractivity contribution is 6.30. The molecular formula is C115H121ClF7N7O8. The minimum absolute atomic E-state index is 0.00685. The summed E-state index contributed by atoms with van der Waals surface area (Å²) < 4.78 is 122. The standard InChI is InChI=1S/C19H21F2NO.C17H18FNO.C17H21NO2.C16H16ClNO.C16H15F2NO.C15H13F2NO.C15H17NO/c1-3-22(4-2)19(23)13-18(14-7-5-9-16(20)11-14)15-8-6-10-17(21)12-15;1-2-20-16-8-4-6-14(12-16)17(9-10-19)13-5-3-7-15(18)11-13;1-18-13-12-15(14-8-4-3-5-9-14)20-17-11-7-6-10-16(17)19-2;1-19-15-7-3-5-13(11-15)16(8-9-18)12-4-2-6-14(17)10-12;1-19-16(20)10-15(11-4-2-6-13(17)8-11)12-5-3-7-14(18)9-12;16-12-5-1-3-10(7-12)14(9-15(18)19)11-4-2-6-13(17)8-11;16-12-11-15(13-7-3-1-4-8-13)17-14-9-5-2-6-10-14/h5-12,18H,3-4,13H2,1-2H3;3-9,11-12H,2,10,19H2,1H3;3-11,15,18H,12-13H2,1-2H3;2-8,10-11H,9,18H2,1H3;2-9,15H,10H2,1H3,(H,19,20);1-8,14H,9H2,(H2,18,19);1-10,15H,11-12,16H2/b;17-9-;;16-8-;;;. The van der Waals surface area contributed by atoms with E-state index in [1.165, 1.54) is 103 Å². The first kappa shape index (κ1) is 109. The normalized spacial score (nSPS) is 11.3. The highest BCUT2D eigenvalue weighted by atomic mass is 35.5. The van der Waals surface area contributed by atoms with Gasteiger partial charge in [-0.15, -0.1) is 0 Å². The monoisotopic (exact) mass is 1900 g/mol. The Labute approximate surface area is 811 Å². The molecule has 0 aliphatic rings. The van der Waals surface area contributed by atoms with Crippen molar-refractivity contribution in [2.75, 3.05) is 74.2 Å². The van der Waals surface area contributed by atoms with Crippen LogP contribution in [0.15, 0.2) is 370 Å². The molecule has 14 aromatic carbocycles. The van der Waals surface area contributed by atoms with E-state index in [0.29, 0.717) is 77.7 Å². The van der Waals surface area contributed by atoms with E-state index in [2.05, 4.69) is 34.9 Å². The Morgan fingerprint density at radius 1 is 0.370 bits per heavy atom. The molecule has 0 heterocycles. The quantitative estimate of drug-likeness (QED) is 0.0204. The van der Waals surface area contributed by atoms with Gasteiger partial charge >= 0.3 is 0 Å². The van der Waals surface area contributed by atoms with Gasteiger partial charge < -0.3 is 62.2 Å². The molecule has 0 fully saturated rings. The maximum absolute atomic E-state index is 13.6. The number of carbonyl (C=O) groups excluding carboxylic acids is 3. The number of nitrogens with zero attached hydrogens (tertiary/aromatic N) is 1. The third-order valence-electron chi connectivity index (χ3n) is 21.6. The summed E-state index contributed by atoms with van der Waals surface area (Å²) in [6.45, 7) is 10.0. The van der Waals surface area contributed by atoms with Gasteiger partial charge in [-0.1, -0.05) is 236 Å². The molecule has 0 saturated carbocycles. The lowest BCUT2D eigenvalue weighted by molar-refractivity contribution is -0.131. The predicted octanol–water partition coefficient (Wildman–Crippen LogP) is 24.5. The van der Waals surface area contributed by atoms with Gasteiger partial charge in [0.25, 0.3) is 0 Å². The second-order valence-electron chi connectivity index (χ2n) is 31.2. The number of carbonyl (C=O) groups is 3. The number of nitrogens with two attached hydrogens (primary N) is 4. The van der Waals surface area contributed by atoms with Crippen molar-refractivity contribution in [2.45, 2.75) is 82.8 Å². The van der Waals surface area contributed by atoms with Gasteiger partial charge in [0.15, 0.2) is 11.5 Å². The molecule has 0 bridgehead atoms. The molecule has 0 aliphatic heterocycles. The number of rotatable bonds is 35. The number of ether oxygens (including phenoxy) is 5. The third kappa shape index (κ3) is 37.0. The Morgan fingerprint density at radius 3 is 1.09 bits per heavy atom. The van der Waals surface area contributed by atoms with Crippen molar-refractivity contribution in [2.24, 2.45) is 22.9 Å². The first-order valence-electron chi connectivity index (χ1n) is 45.4. The van der Waals surface area contributed by atoms with Crippen molar-refractivity contribution < 1.29 is 68.8 Å². The largest absolute Gasteiger partial charge is 0.497 e. The van der Waals surface area contributed by atoms with E-state index in [1.807, 2.05) is 210 Å². The molecule has 2 atom stereocenters. The van der Waals surface area contributed by atoms with Gasteiger partial charge in [-0.05, 0) is 264 Å². The van der Waals surface area contributed by atoms with Crippen LogP contribution in [0.4, 0.5) is 30.7 Å². The van der Waals surface area contributed by atoms with Crippen molar-refractivity contribution in [3.05, 3.63) is 483 Å². The van der Waals surface area contributed by atoms with Gasteiger partial charge in [0.1, 0.15) is 70.2 Å². The summed E-state index contributed by atoms with van der Waals surface area (Å²) in [4.78, 5) is 37.0. The Kier molecular flexibility index (Phi) is 47.5. The van der Waals surface area contributed by atoms with Crippen molar-refractivity contribution in [1.82, 2.24) is 15.5 Å². The molecule has 14 aromatic rings. The molecule has 0 saturated heterocycles. The number of para-hydroxylation sites is 3. The number of primary amides is 1. The average Bonchev–Trinajstić information content (AvgIpc) is 0.824. The fourth-order valence-electron chi connectivity index (χ4n) is 14.9. The SMILES string of the molecule is CCN(CC)C(=O)CC(c1cccc(F)c1)c1cccc(F)c1.CCOc1cccc(/C(=C\CN)c2cccc(F)c2)c1.CNC(=O)CC(c1cccc(F)c1)c1cccc(F)c1.CNCCC(Oc1ccccc1OC)c1ccccc1.COc1cccc(/C(=C\CN)c2cccc(Cl)c2)c1.NC(=O)CC(c1cccc(F)c1)c1cccc(F)c1.NCCC(Oc1ccccc1)c1ccccc1. The number of amides is 3. The number of hydrogen-bond acceptors (Lipinski definition) is 12. The number of benzene rings is 14. The average molecular weight is 1900 g/mol. The third-order valence-corrected chi connectivity index (χ3v) is 21.8. The van der Waals surface area contributed by atoms with E-state index in [1.54, 1.807) is 98.0 Å². The van der Waals surface area contributed by atoms with Crippen LogP contribution in [0.2, 0.25) is 5.02 Å². The van der Waals surface area contributed by atoms with Crippen molar-refractivity contribution in [3.8, 4) is 28.7 Å². The van der Waals surface area contributed by atoms with Gasteiger partial charge in [-0.2, -0.15) is 0 Å². The molecule has 3 amide bonds. The molecule has 0 radical (unpaired) electrons. The summed E-state index contributed by atoms with van der Waals surface area (Å²) in [5.41, 5.74) is 34.2. The highest BCUT2D eigenvalue weighted by Crippen LogP contribution is 2.37. The van der Waals surface area contributed by atoms with Crippen LogP contribution >= 0.6 is 11.6 Å². The van der Waals surface area contributed by atoms with Crippen LogP contribution in [0.3, 0.4) is 0 Å². The number of hydrogen-bond donors (Lipinski definition) is 6. The van der Waals surface area contributed by atoms with Gasteiger partial charge in [0, 0.05) is 88.1 Å².